The van der Waals surface area contributed by atoms with Gasteiger partial charge in [-0.05, 0) is 23.4 Å². The van der Waals surface area contributed by atoms with Crippen LogP contribution < -0.4 is 5.56 Å². The summed E-state index contributed by atoms with van der Waals surface area (Å²) in [7, 11) is 0. The highest BCUT2D eigenvalue weighted by molar-refractivity contribution is 7.16. The fraction of sp³-hybridized carbons (Fsp3) is 0.263. The molecule has 0 radical (unpaired) electrons. The first kappa shape index (κ1) is 18.0. The van der Waals surface area contributed by atoms with Gasteiger partial charge in [-0.25, -0.2) is 4.98 Å². The molecule has 0 N–H and O–H groups in total. The number of rotatable bonds is 7. The van der Waals surface area contributed by atoms with Gasteiger partial charge in [0, 0.05) is 12.1 Å². The summed E-state index contributed by atoms with van der Waals surface area (Å²) >= 11 is 1.39. The van der Waals surface area contributed by atoms with Crippen molar-refractivity contribution < 1.29 is 14.3 Å². The molecule has 2 heterocycles. The van der Waals surface area contributed by atoms with Crippen LogP contribution in [0.1, 0.15) is 29.3 Å². The molecule has 26 heavy (non-hydrogen) atoms. The lowest BCUT2D eigenvalue weighted by molar-refractivity contribution is -0.142. The Hall–Kier alpha value is -2.80. The van der Waals surface area contributed by atoms with Crippen LogP contribution >= 0.6 is 11.3 Å². The zero-order valence-electron chi connectivity index (χ0n) is 14.3. The summed E-state index contributed by atoms with van der Waals surface area (Å²) in [4.78, 5) is 41.0. The van der Waals surface area contributed by atoms with Crippen LogP contribution in [0.4, 0.5) is 0 Å². The summed E-state index contributed by atoms with van der Waals surface area (Å²) in [5.41, 5.74) is 1.47. The molecule has 0 amide bonds. The zero-order chi connectivity index (χ0) is 18.5. The summed E-state index contributed by atoms with van der Waals surface area (Å²) in [6.45, 7) is 1.90. The highest BCUT2D eigenvalue weighted by atomic mass is 32.1. The normalized spacial score (nSPS) is 10.8. The molecule has 3 rings (SSSR count). The second-order valence-electron chi connectivity index (χ2n) is 5.77. The Morgan fingerprint density at radius 2 is 1.96 bits per heavy atom. The summed E-state index contributed by atoms with van der Waals surface area (Å²) in [6.07, 6.45) is 2.32. The van der Waals surface area contributed by atoms with E-state index in [2.05, 4.69) is 4.98 Å². The third-order valence-electron chi connectivity index (χ3n) is 4.06. The quantitative estimate of drug-likeness (QED) is 0.472. The van der Waals surface area contributed by atoms with Crippen molar-refractivity contribution in [1.82, 2.24) is 9.55 Å². The summed E-state index contributed by atoms with van der Waals surface area (Å²) in [5.74, 6) is -0.777. The molecule has 0 fully saturated rings. The molecule has 0 aliphatic heterocycles. The third kappa shape index (κ3) is 4.05. The Morgan fingerprint density at radius 3 is 2.69 bits per heavy atom. The first-order valence-corrected chi connectivity index (χ1v) is 9.17. The Morgan fingerprint density at radius 1 is 1.19 bits per heavy atom. The van der Waals surface area contributed by atoms with E-state index in [1.54, 1.807) is 23.6 Å². The van der Waals surface area contributed by atoms with Gasteiger partial charge in [0.05, 0.1) is 18.1 Å². The molecule has 0 aliphatic carbocycles. The Balaban J connectivity index is 1.52. The molecule has 0 saturated heterocycles. The van der Waals surface area contributed by atoms with Crippen molar-refractivity contribution in [1.29, 1.82) is 0 Å². The molecule has 2 aromatic heterocycles. The van der Waals surface area contributed by atoms with Gasteiger partial charge in [0.15, 0.2) is 12.4 Å². The molecule has 0 atom stereocenters. The minimum atomic E-state index is -0.527. The molecule has 3 aromatic rings. The van der Waals surface area contributed by atoms with Gasteiger partial charge in [0.25, 0.3) is 5.56 Å². The van der Waals surface area contributed by atoms with Gasteiger partial charge in [-0.1, -0.05) is 31.2 Å². The van der Waals surface area contributed by atoms with E-state index in [4.69, 9.17) is 4.74 Å². The van der Waals surface area contributed by atoms with E-state index in [1.165, 1.54) is 22.2 Å². The number of ketones is 1. The average molecular weight is 370 g/mol. The fourth-order valence-electron chi connectivity index (χ4n) is 2.49. The van der Waals surface area contributed by atoms with Gasteiger partial charge < -0.3 is 4.74 Å². The lowest BCUT2D eigenvalue weighted by Gasteiger charge is -2.07. The number of fused-ring (bicyclic) bond motifs is 1. The second-order valence-corrected chi connectivity index (χ2v) is 6.66. The second kappa shape index (κ2) is 8.05. The van der Waals surface area contributed by atoms with Gasteiger partial charge in [0.2, 0.25) is 0 Å². The predicted molar refractivity (Wildman–Crippen MR) is 99.6 cm³/mol. The molecule has 0 spiro atoms. The summed E-state index contributed by atoms with van der Waals surface area (Å²) in [5, 5.41) is 2.34. The monoisotopic (exact) mass is 370 g/mol. The SMILES string of the molecule is CCc1ccc(C(=O)COC(=O)CCn2cnc3sccc3c2=O)cc1. The summed E-state index contributed by atoms with van der Waals surface area (Å²) < 4.78 is 6.40. The largest absolute Gasteiger partial charge is 0.457 e. The van der Waals surface area contributed by atoms with Gasteiger partial charge in [-0.3, -0.25) is 19.0 Å². The van der Waals surface area contributed by atoms with Crippen molar-refractivity contribution >= 4 is 33.3 Å². The number of thiophene rings is 1. The molecule has 0 saturated carbocycles. The third-order valence-corrected chi connectivity index (χ3v) is 4.88. The molecule has 7 heteroatoms. The van der Waals surface area contributed by atoms with Crippen LogP contribution in [-0.2, 0) is 22.5 Å². The molecular weight excluding hydrogens is 352 g/mol. The highest BCUT2D eigenvalue weighted by Crippen LogP contribution is 2.13. The number of benzene rings is 1. The fourth-order valence-corrected chi connectivity index (χ4v) is 3.22. The number of carbonyl (C=O) groups excluding carboxylic acids is 2. The molecule has 6 nitrogen and oxygen atoms in total. The molecular formula is C19H18N2O4S. The van der Waals surface area contributed by atoms with Gasteiger partial charge in [-0.2, -0.15) is 0 Å². The van der Waals surface area contributed by atoms with Crippen LogP contribution in [0.3, 0.4) is 0 Å². The number of hydrogen-bond acceptors (Lipinski definition) is 6. The van der Waals surface area contributed by atoms with E-state index in [9.17, 15) is 14.4 Å². The summed E-state index contributed by atoms with van der Waals surface area (Å²) in [6, 6.07) is 8.95. The predicted octanol–water partition coefficient (Wildman–Crippen LogP) is 2.84. The number of esters is 1. The van der Waals surface area contributed by atoms with E-state index in [0.29, 0.717) is 15.8 Å². The van der Waals surface area contributed by atoms with Crippen molar-refractivity contribution in [2.75, 3.05) is 6.61 Å². The lowest BCUT2D eigenvalue weighted by Crippen LogP contribution is -2.22. The minimum Gasteiger partial charge on any atom is -0.457 e. The van der Waals surface area contributed by atoms with E-state index in [1.807, 2.05) is 19.1 Å². The molecule has 0 bridgehead atoms. The number of carbonyl (C=O) groups is 2. The number of aryl methyl sites for hydroxylation is 2. The molecule has 0 unspecified atom stereocenters. The molecule has 0 aliphatic rings. The number of Topliss-reactive ketones (excluding diaryl/α,β-unsaturated/α-hetero) is 1. The van der Waals surface area contributed by atoms with E-state index >= 15 is 0 Å². The lowest BCUT2D eigenvalue weighted by atomic mass is 10.1. The standard InChI is InChI=1S/C19H18N2O4S/c1-2-13-3-5-14(6-4-13)16(22)11-25-17(23)7-9-21-12-20-18-15(19(21)24)8-10-26-18/h3-6,8,10,12H,2,7,9,11H2,1H3. The van der Waals surface area contributed by atoms with Gasteiger partial charge >= 0.3 is 5.97 Å². The van der Waals surface area contributed by atoms with E-state index < -0.39 is 5.97 Å². The van der Waals surface area contributed by atoms with Crippen LogP contribution in [0, 0.1) is 0 Å². The van der Waals surface area contributed by atoms with Crippen LogP contribution in [0.15, 0.2) is 46.8 Å². The Labute approximate surface area is 154 Å². The number of hydrogen-bond donors (Lipinski definition) is 0. The van der Waals surface area contributed by atoms with Crippen molar-refractivity contribution in [2.24, 2.45) is 0 Å². The maximum Gasteiger partial charge on any atom is 0.308 e. The van der Waals surface area contributed by atoms with Crippen molar-refractivity contribution in [3.05, 3.63) is 63.5 Å². The van der Waals surface area contributed by atoms with Crippen molar-refractivity contribution in [2.45, 2.75) is 26.3 Å². The smallest absolute Gasteiger partial charge is 0.308 e. The van der Waals surface area contributed by atoms with Crippen LogP contribution in [0.2, 0.25) is 0 Å². The Kier molecular flexibility index (Phi) is 5.58. The maximum absolute atomic E-state index is 12.2. The van der Waals surface area contributed by atoms with Gasteiger partial charge in [0.1, 0.15) is 4.83 Å². The maximum atomic E-state index is 12.2. The van der Waals surface area contributed by atoms with Crippen LogP contribution in [0.5, 0.6) is 0 Å². The molecule has 1 aromatic carbocycles. The number of ether oxygens (including phenoxy) is 1. The first-order valence-electron chi connectivity index (χ1n) is 8.29. The highest BCUT2D eigenvalue weighted by Gasteiger charge is 2.11. The van der Waals surface area contributed by atoms with Crippen molar-refractivity contribution in [3.63, 3.8) is 0 Å². The molecule has 134 valence electrons. The zero-order valence-corrected chi connectivity index (χ0v) is 15.1. The topological polar surface area (TPSA) is 78.3 Å². The van der Waals surface area contributed by atoms with Crippen LogP contribution in [0.25, 0.3) is 10.2 Å². The minimum absolute atomic E-state index is 0.000711. The van der Waals surface area contributed by atoms with Crippen LogP contribution in [-0.4, -0.2) is 27.9 Å². The van der Waals surface area contributed by atoms with E-state index in [0.717, 1.165) is 12.0 Å². The van der Waals surface area contributed by atoms with Crippen molar-refractivity contribution in [3.8, 4) is 0 Å². The average Bonchev–Trinajstić information content (AvgIpc) is 3.15. The number of nitrogens with zero attached hydrogens (tertiary/aromatic N) is 2. The first-order chi connectivity index (χ1) is 12.6. The van der Waals surface area contributed by atoms with E-state index in [-0.39, 0.29) is 30.9 Å². The van der Waals surface area contributed by atoms with Gasteiger partial charge in [-0.15, -0.1) is 11.3 Å². The Bertz CT molecular complexity index is 989. The number of aromatic nitrogens is 2.